The molecule has 0 heterocycles. The van der Waals surface area contributed by atoms with Gasteiger partial charge in [-0.2, -0.15) is 0 Å². The first-order chi connectivity index (χ1) is 10.8. The molecule has 8 heteroatoms. The average molecular weight is 360 g/mol. The quantitative estimate of drug-likeness (QED) is 0.889. The molecule has 0 aliphatic carbocycles. The molecule has 0 bridgehead atoms. The summed E-state index contributed by atoms with van der Waals surface area (Å²) >= 11 is 5.74. The van der Waals surface area contributed by atoms with Gasteiger partial charge >= 0.3 is 0 Å². The molecule has 1 N–H and O–H groups in total. The van der Waals surface area contributed by atoms with Gasteiger partial charge < -0.3 is 5.32 Å². The molecule has 2 aromatic rings. The number of benzene rings is 2. The van der Waals surface area contributed by atoms with Crippen LogP contribution in [0, 0.1) is 11.6 Å². The van der Waals surface area contributed by atoms with Crippen molar-refractivity contribution in [3.63, 3.8) is 0 Å². The van der Waals surface area contributed by atoms with E-state index >= 15 is 0 Å². The second kappa shape index (κ2) is 7.06. The van der Waals surface area contributed by atoms with Gasteiger partial charge in [-0.25, -0.2) is 17.2 Å². The van der Waals surface area contributed by atoms with Gasteiger partial charge in [0, 0.05) is 23.2 Å². The summed E-state index contributed by atoms with van der Waals surface area (Å²) < 4.78 is 50.0. The fourth-order valence-corrected chi connectivity index (χ4v) is 3.34. The predicted octanol–water partition coefficient (Wildman–Crippen LogP) is 3.42. The molecule has 4 nitrogen and oxygen atoms in total. The number of hydrogen-bond donors (Lipinski definition) is 1. The van der Waals surface area contributed by atoms with Gasteiger partial charge in [-0.15, -0.1) is 0 Å². The highest BCUT2D eigenvalue weighted by Gasteiger charge is 2.17. The Bertz CT molecular complexity index is 840. The largest absolute Gasteiger partial charge is 0.326 e. The standard InChI is InChI=1S/C15H12ClF2NO3S/c16-10-2-1-3-12(8-10)23(21,22)7-6-15(20)19-11-4-5-13(17)14(18)9-11/h1-5,8-9H,6-7H2,(H,19,20). The molecule has 0 aromatic heterocycles. The summed E-state index contributed by atoms with van der Waals surface area (Å²) in [5.74, 6) is -3.19. The van der Waals surface area contributed by atoms with E-state index in [4.69, 9.17) is 11.6 Å². The van der Waals surface area contributed by atoms with Crippen LogP contribution in [0.15, 0.2) is 47.4 Å². The molecule has 0 saturated heterocycles. The maximum absolute atomic E-state index is 13.0. The first kappa shape index (κ1) is 17.4. The summed E-state index contributed by atoms with van der Waals surface area (Å²) in [5, 5.41) is 2.58. The van der Waals surface area contributed by atoms with Gasteiger partial charge in [0.2, 0.25) is 5.91 Å². The summed E-state index contributed by atoms with van der Waals surface area (Å²) in [7, 11) is -3.66. The molecule has 23 heavy (non-hydrogen) atoms. The third-order valence-corrected chi connectivity index (χ3v) is 4.91. The Hall–Kier alpha value is -1.99. The number of anilines is 1. The first-order valence-electron chi connectivity index (χ1n) is 6.51. The Morgan fingerprint density at radius 1 is 1.09 bits per heavy atom. The SMILES string of the molecule is O=C(CCS(=O)(=O)c1cccc(Cl)c1)Nc1ccc(F)c(F)c1. The highest BCUT2D eigenvalue weighted by Crippen LogP contribution is 2.18. The van der Waals surface area contributed by atoms with E-state index in [9.17, 15) is 22.0 Å². The van der Waals surface area contributed by atoms with Crippen LogP contribution in [-0.2, 0) is 14.6 Å². The minimum atomic E-state index is -3.66. The van der Waals surface area contributed by atoms with Crippen LogP contribution in [0.3, 0.4) is 0 Å². The number of amides is 1. The third-order valence-electron chi connectivity index (χ3n) is 2.96. The summed E-state index contributed by atoms with van der Waals surface area (Å²) in [4.78, 5) is 11.8. The maximum Gasteiger partial charge on any atom is 0.225 e. The molecular formula is C15H12ClF2NO3S. The highest BCUT2D eigenvalue weighted by molar-refractivity contribution is 7.91. The third kappa shape index (κ3) is 4.74. The fraction of sp³-hybridized carbons (Fsp3) is 0.133. The van der Waals surface area contributed by atoms with Crippen LogP contribution in [0.2, 0.25) is 5.02 Å². The Balaban J connectivity index is 1.99. The average Bonchev–Trinajstić information content (AvgIpc) is 2.49. The molecule has 2 rings (SSSR count). The monoisotopic (exact) mass is 359 g/mol. The van der Waals surface area contributed by atoms with Crippen molar-refractivity contribution in [2.24, 2.45) is 0 Å². The summed E-state index contributed by atoms with van der Waals surface area (Å²) in [6.45, 7) is 0. The van der Waals surface area contributed by atoms with Crippen LogP contribution in [0.25, 0.3) is 0 Å². The van der Waals surface area contributed by atoms with Crippen LogP contribution in [0.1, 0.15) is 6.42 Å². The Labute approximate surface area is 137 Å². The van der Waals surface area contributed by atoms with Crippen LogP contribution in [0.5, 0.6) is 0 Å². The molecule has 2 aromatic carbocycles. The van der Waals surface area contributed by atoms with E-state index in [1.165, 1.54) is 30.3 Å². The molecule has 0 aliphatic heterocycles. The molecule has 0 atom stereocenters. The normalized spacial score (nSPS) is 11.3. The van der Waals surface area contributed by atoms with Gasteiger partial charge in [0.25, 0.3) is 0 Å². The molecule has 0 spiro atoms. The number of rotatable bonds is 5. The van der Waals surface area contributed by atoms with Crippen molar-refractivity contribution in [2.45, 2.75) is 11.3 Å². The van der Waals surface area contributed by atoms with Crippen molar-refractivity contribution < 1.29 is 22.0 Å². The van der Waals surface area contributed by atoms with Gasteiger partial charge in [0.05, 0.1) is 10.6 Å². The first-order valence-corrected chi connectivity index (χ1v) is 8.54. The number of sulfone groups is 1. The lowest BCUT2D eigenvalue weighted by atomic mass is 10.3. The van der Waals surface area contributed by atoms with E-state index in [0.717, 1.165) is 12.1 Å². The molecular weight excluding hydrogens is 348 g/mol. The van der Waals surface area contributed by atoms with E-state index in [1.54, 1.807) is 0 Å². The smallest absolute Gasteiger partial charge is 0.225 e. The van der Waals surface area contributed by atoms with E-state index < -0.39 is 33.1 Å². The zero-order chi connectivity index (χ0) is 17.0. The van der Waals surface area contributed by atoms with Crippen LogP contribution >= 0.6 is 11.6 Å². The van der Waals surface area contributed by atoms with Gasteiger partial charge in [-0.1, -0.05) is 17.7 Å². The second-order valence-electron chi connectivity index (χ2n) is 4.70. The summed E-state index contributed by atoms with van der Waals surface area (Å²) in [5.41, 5.74) is 0.0500. The minimum absolute atomic E-state index is 0.0191. The number of nitrogens with one attached hydrogen (secondary N) is 1. The minimum Gasteiger partial charge on any atom is -0.326 e. The van der Waals surface area contributed by atoms with Gasteiger partial charge in [0.1, 0.15) is 0 Å². The highest BCUT2D eigenvalue weighted by atomic mass is 35.5. The molecule has 0 unspecified atom stereocenters. The van der Waals surface area contributed by atoms with Crippen LogP contribution in [0.4, 0.5) is 14.5 Å². The van der Waals surface area contributed by atoms with E-state index in [1.807, 2.05) is 0 Å². The van der Waals surface area contributed by atoms with Crippen molar-refractivity contribution in [3.8, 4) is 0 Å². The lowest BCUT2D eigenvalue weighted by Gasteiger charge is -2.07. The Kier molecular flexibility index (Phi) is 5.33. The second-order valence-corrected chi connectivity index (χ2v) is 7.25. The topological polar surface area (TPSA) is 63.2 Å². The molecule has 0 aliphatic rings. The van der Waals surface area contributed by atoms with Crippen molar-refractivity contribution in [1.29, 1.82) is 0 Å². The summed E-state index contributed by atoms with van der Waals surface area (Å²) in [6, 6.07) is 8.58. The Morgan fingerprint density at radius 2 is 1.83 bits per heavy atom. The number of carbonyl (C=O) groups excluding carboxylic acids is 1. The lowest BCUT2D eigenvalue weighted by Crippen LogP contribution is -2.17. The van der Waals surface area contributed by atoms with Crippen molar-refractivity contribution >= 4 is 33.0 Å². The van der Waals surface area contributed by atoms with E-state index in [-0.39, 0.29) is 22.0 Å². The molecule has 122 valence electrons. The fourth-order valence-electron chi connectivity index (χ4n) is 1.80. The van der Waals surface area contributed by atoms with Crippen molar-refractivity contribution in [3.05, 3.63) is 59.1 Å². The zero-order valence-electron chi connectivity index (χ0n) is 11.7. The van der Waals surface area contributed by atoms with Crippen molar-refractivity contribution in [2.75, 3.05) is 11.1 Å². The van der Waals surface area contributed by atoms with Gasteiger partial charge in [-0.3, -0.25) is 4.79 Å². The van der Waals surface area contributed by atoms with E-state index in [2.05, 4.69) is 5.32 Å². The van der Waals surface area contributed by atoms with Crippen LogP contribution < -0.4 is 5.32 Å². The van der Waals surface area contributed by atoms with Gasteiger partial charge in [0.15, 0.2) is 21.5 Å². The molecule has 0 radical (unpaired) electrons. The molecule has 1 amide bonds. The predicted molar refractivity (Wildman–Crippen MR) is 83.1 cm³/mol. The van der Waals surface area contributed by atoms with Gasteiger partial charge in [-0.05, 0) is 30.3 Å². The number of halogens is 3. The van der Waals surface area contributed by atoms with Crippen LogP contribution in [-0.4, -0.2) is 20.1 Å². The Morgan fingerprint density at radius 3 is 2.48 bits per heavy atom. The molecule has 0 saturated carbocycles. The number of carbonyl (C=O) groups is 1. The zero-order valence-corrected chi connectivity index (χ0v) is 13.3. The molecule has 0 fully saturated rings. The summed E-state index contributed by atoms with van der Waals surface area (Å²) in [6.07, 6.45) is -0.326. The van der Waals surface area contributed by atoms with E-state index in [0.29, 0.717) is 0 Å². The maximum atomic E-state index is 13.0. The van der Waals surface area contributed by atoms with Crippen molar-refractivity contribution in [1.82, 2.24) is 0 Å². The lowest BCUT2D eigenvalue weighted by molar-refractivity contribution is -0.115. The number of hydrogen-bond acceptors (Lipinski definition) is 3.